The van der Waals surface area contributed by atoms with E-state index in [-0.39, 0.29) is 24.4 Å². The van der Waals surface area contributed by atoms with E-state index >= 15 is 0 Å². The molecule has 0 radical (unpaired) electrons. The summed E-state index contributed by atoms with van der Waals surface area (Å²) in [6.45, 7) is 0.531. The molecule has 126 valence electrons. The monoisotopic (exact) mass is 330 g/mol. The van der Waals surface area contributed by atoms with Gasteiger partial charge in [-0.15, -0.1) is 0 Å². The average Bonchev–Trinajstić information content (AvgIpc) is 2.60. The van der Waals surface area contributed by atoms with Crippen molar-refractivity contribution < 1.29 is 18.7 Å². The van der Waals surface area contributed by atoms with E-state index in [4.69, 9.17) is 9.47 Å². The van der Waals surface area contributed by atoms with Crippen LogP contribution < -0.4 is 20.1 Å². The van der Waals surface area contributed by atoms with Crippen LogP contribution >= 0.6 is 0 Å². The molecule has 0 saturated carbocycles. The fourth-order valence-corrected chi connectivity index (χ4v) is 2.64. The number of halogens is 1. The number of hydrogen-bond acceptors (Lipinski definition) is 3. The number of ether oxygens (including phenoxy) is 2. The molecule has 2 amide bonds. The summed E-state index contributed by atoms with van der Waals surface area (Å²) in [5.41, 5.74) is 1.43. The highest BCUT2D eigenvalue weighted by Gasteiger charge is 2.22. The first-order chi connectivity index (χ1) is 11.7. The number of carbonyl (C=O) groups is 1. The van der Waals surface area contributed by atoms with Crippen LogP contribution in [0, 0.1) is 5.82 Å². The van der Waals surface area contributed by atoms with Crippen molar-refractivity contribution in [3.63, 3.8) is 0 Å². The van der Waals surface area contributed by atoms with Crippen molar-refractivity contribution in [2.24, 2.45) is 0 Å². The van der Waals surface area contributed by atoms with Gasteiger partial charge in [0.25, 0.3) is 0 Å². The number of methoxy groups -OCH3 is 1. The van der Waals surface area contributed by atoms with Gasteiger partial charge in [-0.25, -0.2) is 9.18 Å². The fraction of sp³-hybridized carbons (Fsp3) is 0.278. The Labute approximate surface area is 139 Å². The molecule has 2 aromatic carbocycles. The second-order valence-electron chi connectivity index (χ2n) is 5.60. The van der Waals surface area contributed by atoms with Gasteiger partial charge in [-0.1, -0.05) is 18.2 Å². The summed E-state index contributed by atoms with van der Waals surface area (Å²) >= 11 is 0. The van der Waals surface area contributed by atoms with Gasteiger partial charge in [0.05, 0.1) is 13.2 Å². The Kier molecular flexibility index (Phi) is 4.84. The molecule has 0 aromatic heterocycles. The number of urea groups is 1. The van der Waals surface area contributed by atoms with Gasteiger partial charge in [-0.3, -0.25) is 0 Å². The first kappa shape index (κ1) is 16.1. The zero-order valence-corrected chi connectivity index (χ0v) is 13.3. The molecule has 6 heteroatoms. The van der Waals surface area contributed by atoms with E-state index in [0.717, 1.165) is 17.1 Å². The maximum atomic E-state index is 13.5. The second-order valence-corrected chi connectivity index (χ2v) is 5.60. The molecule has 1 atom stereocenters. The number of nitrogens with one attached hydrogen (secondary N) is 2. The second kappa shape index (κ2) is 7.21. The van der Waals surface area contributed by atoms with Gasteiger partial charge in [0.15, 0.2) is 0 Å². The van der Waals surface area contributed by atoms with E-state index in [1.54, 1.807) is 25.3 Å². The number of hydrogen-bond donors (Lipinski definition) is 2. The molecule has 2 N–H and O–H groups in total. The largest absolute Gasteiger partial charge is 0.497 e. The van der Waals surface area contributed by atoms with Crippen LogP contribution in [0.5, 0.6) is 11.5 Å². The Hall–Kier alpha value is -2.76. The van der Waals surface area contributed by atoms with Gasteiger partial charge in [0.1, 0.15) is 23.9 Å². The summed E-state index contributed by atoms with van der Waals surface area (Å²) in [5, 5.41) is 5.51. The number of carbonyl (C=O) groups excluding carboxylic acids is 1. The van der Waals surface area contributed by atoms with Crippen LogP contribution in [0.1, 0.15) is 11.1 Å². The molecule has 0 bridgehead atoms. The Balaban J connectivity index is 1.54. The van der Waals surface area contributed by atoms with Crippen molar-refractivity contribution >= 4 is 6.03 Å². The molecule has 1 aliphatic heterocycles. The zero-order chi connectivity index (χ0) is 16.9. The molecule has 24 heavy (non-hydrogen) atoms. The van der Waals surface area contributed by atoms with Crippen molar-refractivity contribution in [1.29, 1.82) is 0 Å². The minimum atomic E-state index is -0.349. The van der Waals surface area contributed by atoms with Gasteiger partial charge in [-0.2, -0.15) is 0 Å². The number of fused-ring (bicyclic) bond motifs is 1. The molecular formula is C18H19FN2O3. The average molecular weight is 330 g/mol. The van der Waals surface area contributed by atoms with Crippen LogP contribution in [0.4, 0.5) is 9.18 Å². The first-order valence-electron chi connectivity index (χ1n) is 7.73. The summed E-state index contributed by atoms with van der Waals surface area (Å²) in [6, 6.07) is 11.5. The predicted molar refractivity (Wildman–Crippen MR) is 87.8 cm³/mol. The molecular weight excluding hydrogens is 311 g/mol. The summed E-state index contributed by atoms with van der Waals surface area (Å²) in [6.07, 6.45) is 0.652. The van der Waals surface area contributed by atoms with Gasteiger partial charge < -0.3 is 20.1 Å². The van der Waals surface area contributed by atoms with Crippen molar-refractivity contribution in [1.82, 2.24) is 10.6 Å². The Bertz CT molecular complexity index is 736. The maximum Gasteiger partial charge on any atom is 0.315 e. The van der Waals surface area contributed by atoms with Crippen LogP contribution in [0.3, 0.4) is 0 Å². The van der Waals surface area contributed by atoms with E-state index in [2.05, 4.69) is 10.6 Å². The van der Waals surface area contributed by atoms with E-state index < -0.39 is 0 Å². The lowest BCUT2D eigenvalue weighted by atomic mass is 10.0. The zero-order valence-electron chi connectivity index (χ0n) is 13.3. The minimum absolute atomic E-state index is 0.135. The van der Waals surface area contributed by atoms with Crippen molar-refractivity contribution in [2.45, 2.75) is 19.0 Å². The van der Waals surface area contributed by atoms with Crippen molar-refractivity contribution in [3.05, 3.63) is 59.4 Å². The van der Waals surface area contributed by atoms with E-state index in [1.807, 2.05) is 18.2 Å². The Morgan fingerprint density at radius 3 is 2.96 bits per heavy atom. The quantitative estimate of drug-likeness (QED) is 0.906. The van der Waals surface area contributed by atoms with E-state index in [9.17, 15) is 9.18 Å². The highest BCUT2D eigenvalue weighted by Crippen LogP contribution is 2.28. The van der Waals surface area contributed by atoms with E-state index in [1.165, 1.54) is 6.07 Å². The normalized spacial score (nSPS) is 15.8. The molecule has 1 heterocycles. The lowest BCUT2D eigenvalue weighted by Gasteiger charge is -2.26. The molecule has 0 spiro atoms. The molecule has 0 unspecified atom stereocenters. The van der Waals surface area contributed by atoms with Crippen LogP contribution in [0.25, 0.3) is 0 Å². The van der Waals surface area contributed by atoms with Gasteiger partial charge in [0.2, 0.25) is 0 Å². The van der Waals surface area contributed by atoms with Crippen LogP contribution in [-0.4, -0.2) is 25.8 Å². The van der Waals surface area contributed by atoms with Gasteiger partial charge >= 0.3 is 6.03 Å². The van der Waals surface area contributed by atoms with Crippen molar-refractivity contribution in [2.75, 3.05) is 13.7 Å². The third-order valence-electron chi connectivity index (χ3n) is 3.91. The molecule has 5 nitrogen and oxygen atoms in total. The standard InChI is InChI=1S/C18H19FN2O3/c1-23-15-6-7-17-13(9-15)8-14(11-24-17)21-18(22)20-10-12-4-2-3-5-16(12)19/h2-7,9,14H,8,10-11H2,1H3,(H2,20,21,22)/t14-/m1/s1. The van der Waals surface area contributed by atoms with Crippen LogP contribution in [-0.2, 0) is 13.0 Å². The predicted octanol–water partition coefficient (Wildman–Crippen LogP) is 2.64. The minimum Gasteiger partial charge on any atom is -0.497 e. The molecule has 0 saturated heterocycles. The Morgan fingerprint density at radius 2 is 2.17 bits per heavy atom. The van der Waals surface area contributed by atoms with Gasteiger partial charge in [-0.05, 0) is 36.2 Å². The first-order valence-corrected chi connectivity index (χ1v) is 7.73. The molecule has 2 aromatic rings. The molecule has 3 rings (SSSR count). The van der Waals surface area contributed by atoms with Crippen LogP contribution in [0.2, 0.25) is 0 Å². The smallest absolute Gasteiger partial charge is 0.315 e. The number of amides is 2. The summed E-state index contributed by atoms with van der Waals surface area (Å²) in [7, 11) is 1.61. The number of benzene rings is 2. The number of rotatable bonds is 4. The molecule has 0 aliphatic carbocycles. The molecule has 1 aliphatic rings. The third-order valence-corrected chi connectivity index (χ3v) is 3.91. The lowest BCUT2D eigenvalue weighted by Crippen LogP contribution is -2.47. The van der Waals surface area contributed by atoms with E-state index in [0.29, 0.717) is 18.6 Å². The summed E-state index contributed by atoms with van der Waals surface area (Å²) < 4.78 is 24.4. The maximum absolute atomic E-state index is 13.5. The third kappa shape index (κ3) is 3.76. The van der Waals surface area contributed by atoms with Crippen molar-refractivity contribution in [3.8, 4) is 11.5 Å². The fourth-order valence-electron chi connectivity index (χ4n) is 2.64. The topological polar surface area (TPSA) is 59.6 Å². The summed E-state index contributed by atoms with van der Waals surface area (Å²) in [5.74, 6) is 1.22. The van der Waals surface area contributed by atoms with Crippen LogP contribution in [0.15, 0.2) is 42.5 Å². The van der Waals surface area contributed by atoms with Gasteiger partial charge in [0, 0.05) is 12.1 Å². The summed E-state index contributed by atoms with van der Waals surface area (Å²) in [4.78, 5) is 12.0. The SMILES string of the molecule is COc1ccc2c(c1)C[C@@H](NC(=O)NCc1ccccc1F)CO2. The molecule has 0 fully saturated rings. The highest BCUT2D eigenvalue weighted by atomic mass is 19.1. The highest BCUT2D eigenvalue weighted by molar-refractivity contribution is 5.74. The lowest BCUT2D eigenvalue weighted by molar-refractivity contribution is 0.214. The Morgan fingerprint density at radius 1 is 1.33 bits per heavy atom.